The summed E-state index contributed by atoms with van der Waals surface area (Å²) in [6.45, 7) is 4.69. The maximum Gasteiger partial charge on any atom is 0.413 e. The van der Waals surface area contributed by atoms with Crippen LogP contribution in [-0.2, 0) is 6.42 Å². The summed E-state index contributed by atoms with van der Waals surface area (Å²) in [5, 5.41) is 6.46. The molecule has 4 nitrogen and oxygen atoms in total. The lowest BCUT2D eigenvalue weighted by Gasteiger charge is -2.06. The zero-order valence-corrected chi connectivity index (χ0v) is 15.3. The molecular weight excluding hydrogens is 376 g/mol. The van der Waals surface area contributed by atoms with Crippen LogP contribution in [0.5, 0.6) is 5.06 Å². The van der Waals surface area contributed by atoms with E-state index in [2.05, 4.69) is 58.3 Å². The number of benzene rings is 1. The van der Waals surface area contributed by atoms with E-state index in [1.807, 2.05) is 11.4 Å². The monoisotopic (exact) mass is 392 g/mol. The zero-order chi connectivity index (χ0) is 16.4. The van der Waals surface area contributed by atoms with Gasteiger partial charge in [-0.3, -0.25) is 0 Å². The second-order valence-electron chi connectivity index (χ2n) is 5.35. The molecule has 2 heterocycles. The molecule has 0 spiro atoms. The highest BCUT2D eigenvalue weighted by Gasteiger charge is 2.12. The van der Waals surface area contributed by atoms with Crippen molar-refractivity contribution >= 4 is 44.3 Å². The van der Waals surface area contributed by atoms with Crippen molar-refractivity contribution in [1.29, 1.82) is 0 Å². The highest BCUT2D eigenvalue weighted by atomic mass is 79.9. The van der Waals surface area contributed by atoms with Crippen molar-refractivity contribution in [1.82, 2.24) is 10.3 Å². The number of fused-ring (bicyclic) bond motifs is 1. The second kappa shape index (κ2) is 6.76. The molecule has 0 unspecified atom stereocenters. The van der Waals surface area contributed by atoms with Crippen molar-refractivity contribution in [2.45, 2.75) is 20.3 Å². The van der Waals surface area contributed by atoms with Gasteiger partial charge in [0.25, 0.3) is 0 Å². The van der Waals surface area contributed by atoms with Gasteiger partial charge in [0.15, 0.2) is 0 Å². The number of H-pyrrole nitrogens is 1. The van der Waals surface area contributed by atoms with Crippen molar-refractivity contribution in [3.8, 4) is 5.06 Å². The van der Waals surface area contributed by atoms with E-state index >= 15 is 0 Å². The van der Waals surface area contributed by atoms with Gasteiger partial charge in [0.2, 0.25) is 5.06 Å². The molecule has 120 valence electrons. The number of hydrogen-bond acceptors (Lipinski definition) is 3. The number of ether oxygens (including phenoxy) is 1. The topological polar surface area (TPSA) is 54.1 Å². The second-order valence-corrected chi connectivity index (χ2v) is 7.08. The number of aryl methyl sites for hydroxylation is 2. The lowest BCUT2D eigenvalue weighted by Crippen LogP contribution is -2.28. The number of rotatable bonds is 4. The van der Waals surface area contributed by atoms with Crippen LogP contribution >= 0.6 is 27.3 Å². The zero-order valence-electron chi connectivity index (χ0n) is 12.9. The van der Waals surface area contributed by atoms with Gasteiger partial charge in [-0.15, -0.1) is 11.3 Å². The fourth-order valence-electron chi connectivity index (χ4n) is 2.63. The molecule has 1 aromatic carbocycles. The van der Waals surface area contributed by atoms with Crippen molar-refractivity contribution < 1.29 is 9.53 Å². The summed E-state index contributed by atoms with van der Waals surface area (Å²) in [5.74, 6) is 0. The number of aromatic nitrogens is 1. The van der Waals surface area contributed by atoms with Crippen LogP contribution < -0.4 is 10.1 Å². The van der Waals surface area contributed by atoms with Gasteiger partial charge in [-0.1, -0.05) is 18.2 Å². The molecule has 6 heteroatoms. The van der Waals surface area contributed by atoms with E-state index in [1.165, 1.54) is 33.4 Å². The number of para-hydroxylation sites is 1. The quantitative estimate of drug-likeness (QED) is 0.660. The lowest BCUT2D eigenvalue weighted by atomic mass is 10.1. The summed E-state index contributed by atoms with van der Waals surface area (Å²) in [6, 6.07) is 8.12. The summed E-state index contributed by atoms with van der Waals surface area (Å²) in [7, 11) is 0. The van der Waals surface area contributed by atoms with Crippen molar-refractivity contribution in [2.75, 3.05) is 6.54 Å². The van der Waals surface area contributed by atoms with Gasteiger partial charge >= 0.3 is 6.09 Å². The Labute approximate surface area is 147 Å². The Balaban J connectivity index is 1.63. The van der Waals surface area contributed by atoms with Gasteiger partial charge < -0.3 is 15.0 Å². The molecule has 1 amide bonds. The summed E-state index contributed by atoms with van der Waals surface area (Å²) < 4.78 is 6.05. The van der Waals surface area contributed by atoms with Crippen LogP contribution in [0.3, 0.4) is 0 Å². The molecule has 0 aliphatic rings. The average Bonchev–Trinajstić information content (AvgIpc) is 3.05. The van der Waals surface area contributed by atoms with Crippen LogP contribution in [0, 0.1) is 13.8 Å². The predicted octanol–water partition coefficient (Wildman–Crippen LogP) is 4.94. The van der Waals surface area contributed by atoms with E-state index in [1.54, 1.807) is 0 Å². The maximum absolute atomic E-state index is 11.8. The summed E-state index contributed by atoms with van der Waals surface area (Å²) >= 11 is 4.72. The number of carbonyl (C=O) groups excluding carboxylic acids is 1. The van der Waals surface area contributed by atoms with E-state index in [4.69, 9.17) is 4.74 Å². The Bertz CT molecular complexity index is 854. The van der Waals surface area contributed by atoms with Crippen molar-refractivity contribution in [3.63, 3.8) is 0 Å². The first-order valence-corrected chi connectivity index (χ1v) is 8.99. The standard InChI is InChI=1S/C17H17BrN2O2S/c1-10-4-3-5-13-12(11(2)20-15(10)13)6-8-19-17(21)22-16-14(18)7-9-23-16/h3-5,7,9,20H,6,8H2,1-2H3,(H,19,21). The third-order valence-corrected chi connectivity index (χ3v) is 5.45. The predicted molar refractivity (Wildman–Crippen MR) is 97.5 cm³/mol. The molecule has 0 fully saturated rings. The maximum atomic E-state index is 11.8. The lowest BCUT2D eigenvalue weighted by molar-refractivity contribution is 0.202. The Morgan fingerprint density at radius 2 is 2.17 bits per heavy atom. The highest BCUT2D eigenvalue weighted by Crippen LogP contribution is 2.31. The molecular formula is C17H17BrN2O2S. The van der Waals surface area contributed by atoms with Gasteiger partial charge in [0.05, 0.1) is 4.47 Å². The molecule has 0 saturated carbocycles. The summed E-state index contributed by atoms with van der Waals surface area (Å²) in [5.41, 5.74) is 4.78. The van der Waals surface area contributed by atoms with E-state index in [0.717, 1.165) is 16.6 Å². The molecule has 0 aliphatic carbocycles. The van der Waals surface area contributed by atoms with Gasteiger partial charge in [-0.25, -0.2) is 4.79 Å². The van der Waals surface area contributed by atoms with Gasteiger partial charge in [0.1, 0.15) is 0 Å². The normalized spacial score (nSPS) is 10.9. The van der Waals surface area contributed by atoms with Crippen LogP contribution in [0.25, 0.3) is 10.9 Å². The molecule has 0 saturated heterocycles. The number of thiophene rings is 1. The Kier molecular flexibility index (Phi) is 4.73. The van der Waals surface area contributed by atoms with E-state index < -0.39 is 6.09 Å². The molecule has 2 aromatic heterocycles. The third-order valence-electron chi connectivity index (χ3n) is 3.78. The first-order chi connectivity index (χ1) is 11.1. The van der Waals surface area contributed by atoms with Crippen molar-refractivity contribution in [3.05, 3.63) is 50.9 Å². The van der Waals surface area contributed by atoms with E-state index in [0.29, 0.717) is 11.6 Å². The van der Waals surface area contributed by atoms with Crippen LogP contribution in [0.1, 0.15) is 16.8 Å². The fraction of sp³-hybridized carbons (Fsp3) is 0.235. The summed E-state index contributed by atoms with van der Waals surface area (Å²) in [4.78, 5) is 15.3. The van der Waals surface area contributed by atoms with E-state index in [-0.39, 0.29) is 0 Å². The molecule has 3 aromatic rings. The molecule has 23 heavy (non-hydrogen) atoms. The van der Waals surface area contributed by atoms with Crippen LogP contribution in [0.2, 0.25) is 0 Å². The molecule has 0 radical (unpaired) electrons. The first kappa shape index (κ1) is 16.1. The van der Waals surface area contributed by atoms with Gasteiger partial charge in [0, 0.05) is 23.1 Å². The molecule has 0 aliphatic heterocycles. The fourth-order valence-corrected chi connectivity index (χ4v) is 3.94. The van der Waals surface area contributed by atoms with Crippen LogP contribution in [0.15, 0.2) is 34.1 Å². The third kappa shape index (κ3) is 3.43. The number of hydrogen-bond donors (Lipinski definition) is 2. The molecule has 0 atom stereocenters. The molecule has 2 N–H and O–H groups in total. The number of amides is 1. The number of nitrogens with one attached hydrogen (secondary N) is 2. The minimum Gasteiger partial charge on any atom is -0.398 e. The van der Waals surface area contributed by atoms with Crippen LogP contribution in [0.4, 0.5) is 4.79 Å². The Morgan fingerprint density at radius 3 is 2.91 bits per heavy atom. The number of halogens is 1. The SMILES string of the molecule is Cc1[nH]c2c(C)cccc2c1CCNC(=O)Oc1sccc1Br. The largest absolute Gasteiger partial charge is 0.413 e. The number of carbonyl (C=O) groups is 1. The average molecular weight is 393 g/mol. The smallest absolute Gasteiger partial charge is 0.398 e. The Morgan fingerprint density at radius 1 is 1.35 bits per heavy atom. The van der Waals surface area contributed by atoms with Crippen molar-refractivity contribution in [2.24, 2.45) is 0 Å². The minimum absolute atomic E-state index is 0.429. The molecule has 0 bridgehead atoms. The van der Waals surface area contributed by atoms with Crippen LogP contribution in [-0.4, -0.2) is 17.6 Å². The first-order valence-electron chi connectivity index (χ1n) is 7.31. The van der Waals surface area contributed by atoms with E-state index in [9.17, 15) is 4.79 Å². The number of aromatic amines is 1. The van der Waals surface area contributed by atoms with Gasteiger partial charge in [-0.2, -0.15) is 0 Å². The molecule has 3 rings (SSSR count). The Hall–Kier alpha value is -1.79. The summed E-state index contributed by atoms with van der Waals surface area (Å²) in [6.07, 6.45) is 0.331. The highest BCUT2D eigenvalue weighted by molar-refractivity contribution is 9.10. The van der Waals surface area contributed by atoms with Gasteiger partial charge in [-0.05, 0) is 58.8 Å². The minimum atomic E-state index is -0.429.